The monoisotopic (exact) mass is 417 g/mol. The lowest BCUT2D eigenvalue weighted by molar-refractivity contribution is 0.319. The molecule has 1 heterocycles. The van der Waals surface area contributed by atoms with Crippen molar-refractivity contribution in [2.45, 2.75) is 31.3 Å². The molecule has 3 N–H and O–H groups in total. The molecule has 0 aromatic heterocycles. The first-order valence-electron chi connectivity index (χ1n) is 10.1. The van der Waals surface area contributed by atoms with Gasteiger partial charge in [0, 0.05) is 24.2 Å². The molecule has 2 aromatic carbocycles. The van der Waals surface area contributed by atoms with Crippen LogP contribution in [0.5, 0.6) is 5.75 Å². The fraction of sp³-hybridized carbons (Fsp3) is 0.455. The molecule has 1 saturated heterocycles. The SMILES string of the molecule is CNCCOc1ccccc1-c1cccc(CC2NCCCC2NS(C)(=O)=O)c1. The summed E-state index contributed by atoms with van der Waals surface area (Å²) in [5.41, 5.74) is 3.34. The normalized spacial score (nSPS) is 19.8. The topological polar surface area (TPSA) is 79.5 Å². The van der Waals surface area contributed by atoms with Gasteiger partial charge in [-0.15, -0.1) is 0 Å². The van der Waals surface area contributed by atoms with Crippen molar-refractivity contribution < 1.29 is 13.2 Å². The summed E-state index contributed by atoms with van der Waals surface area (Å²) in [7, 11) is -1.32. The van der Waals surface area contributed by atoms with E-state index in [-0.39, 0.29) is 12.1 Å². The van der Waals surface area contributed by atoms with E-state index in [9.17, 15) is 8.42 Å². The lowest BCUT2D eigenvalue weighted by Gasteiger charge is -2.33. The Balaban J connectivity index is 1.78. The summed E-state index contributed by atoms with van der Waals surface area (Å²) >= 11 is 0. The molecule has 1 fully saturated rings. The van der Waals surface area contributed by atoms with E-state index in [4.69, 9.17) is 4.74 Å². The van der Waals surface area contributed by atoms with Gasteiger partial charge in [-0.1, -0.05) is 42.5 Å². The molecule has 1 aliphatic heterocycles. The van der Waals surface area contributed by atoms with Crippen LogP contribution in [-0.4, -0.2) is 53.5 Å². The van der Waals surface area contributed by atoms with Crippen molar-refractivity contribution in [2.24, 2.45) is 0 Å². The summed E-state index contributed by atoms with van der Waals surface area (Å²) in [5.74, 6) is 0.868. The van der Waals surface area contributed by atoms with Crippen LogP contribution >= 0.6 is 0 Å². The van der Waals surface area contributed by atoms with Crippen LogP contribution in [0.15, 0.2) is 48.5 Å². The zero-order valence-electron chi connectivity index (χ0n) is 17.1. The van der Waals surface area contributed by atoms with Crippen molar-refractivity contribution in [1.29, 1.82) is 0 Å². The predicted molar refractivity (Wildman–Crippen MR) is 118 cm³/mol. The fourth-order valence-electron chi connectivity index (χ4n) is 3.80. The number of nitrogens with one attached hydrogen (secondary N) is 3. The molecule has 0 spiro atoms. The second kappa shape index (κ2) is 10.2. The molecular formula is C22H31N3O3S. The lowest BCUT2D eigenvalue weighted by Crippen LogP contribution is -2.54. The number of rotatable bonds is 9. The number of hydrogen-bond donors (Lipinski definition) is 3. The molecule has 3 rings (SSSR count). The van der Waals surface area contributed by atoms with Crippen LogP contribution in [0.3, 0.4) is 0 Å². The van der Waals surface area contributed by atoms with E-state index in [0.717, 1.165) is 49.2 Å². The minimum Gasteiger partial charge on any atom is -0.492 e. The molecule has 2 unspecified atom stereocenters. The van der Waals surface area contributed by atoms with Gasteiger partial charge in [0.05, 0.1) is 6.26 Å². The van der Waals surface area contributed by atoms with E-state index in [2.05, 4.69) is 45.7 Å². The van der Waals surface area contributed by atoms with Crippen molar-refractivity contribution in [2.75, 3.05) is 33.0 Å². The Morgan fingerprint density at radius 3 is 2.79 bits per heavy atom. The van der Waals surface area contributed by atoms with E-state index in [0.29, 0.717) is 6.61 Å². The second-order valence-corrected chi connectivity index (χ2v) is 9.33. The molecular weight excluding hydrogens is 386 g/mol. The van der Waals surface area contributed by atoms with Gasteiger partial charge >= 0.3 is 0 Å². The van der Waals surface area contributed by atoms with E-state index >= 15 is 0 Å². The Morgan fingerprint density at radius 2 is 2.00 bits per heavy atom. The molecule has 158 valence electrons. The molecule has 29 heavy (non-hydrogen) atoms. The Bertz CT molecular complexity index is 902. The zero-order valence-corrected chi connectivity index (χ0v) is 18.0. The first kappa shape index (κ1) is 21.8. The van der Waals surface area contributed by atoms with E-state index in [1.165, 1.54) is 11.8 Å². The first-order valence-corrected chi connectivity index (χ1v) is 12.0. The fourth-order valence-corrected chi connectivity index (χ4v) is 4.63. The molecule has 0 saturated carbocycles. The average Bonchev–Trinajstić information content (AvgIpc) is 2.69. The van der Waals surface area contributed by atoms with Crippen LogP contribution in [0.1, 0.15) is 18.4 Å². The number of likely N-dealkylation sites (N-methyl/N-ethyl adjacent to an activating group) is 1. The Labute approximate surface area is 174 Å². The van der Waals surface area contributed by atoms with Crippen molar-refractivity contribution in [3.8, 4) is 16.9 Å². The van der Waals surface area contributed by atoms with Crippen molar-refractivity contribution in [1.82, 2.24) is 15.4 Å². The van der Waals surface area contributed by atoms with Gasteiger partial charge in [0.2, 0.25) is 10.0 Å². The molecule has 2 atom stereocenters. The smallest absolute Gasteiger partial charge is 0.209 e. The maximum Gasteiger partial charge on any atom is 0.209 e. The maximum absolute atomic E-state index is 11.7. The highest BCUT2D eigenvalue weighted by Gasteiger charge is 2.27. The van der Waals surface area contributed by atoms with E-state index in [1.807, 2.05) is 25.2 Å². The van der Waals surface area contributed by atoms with Gasteiger partial charge in [0.1, 0.15) is 12.4 Å². The molecule has 0 radical (unpaired) electrons. The standard InChI is InChI=1S/C22H31N3O3S/c1-23-13-14-28-22-11-4-3-9-19(22)18-8-5-7-17(15-18)16-21-20(10-6-12-24-21)25-29(2,26)27/h3-5,7-9,11,15,20-21,23-25H,6,10,12-14,16H2,1-2H3. The summed E-state index contributed by atoms with van der Waals surface area (Å²) in [4.78, 5) is 0. The van der Waals surface area contributed by atoms with Gasteiger partial charge in [-0.2, -0.15) is 0 Å². The highest BCUT2D eigenvalue weighted by Crippen LogP contribution is 2.30. The van der Waals surface area contributed by atoms with Gasteiger partial charge in [0.15, 0.2) is 0 Å². The number of piperidine rings is 1. The highest BCUT2D eigenvalue weighted by molar-refractivity contribution is 7.88. The molecule has 0 bridgehead atoms. The summed E-state index contributed by atoms with van der Waals surface area (Å²) in [5, 5.41) is 6.58. The maximum atomic E-state index is 11.7. The number of para-hydroxylation sites is 1. The molecule has 1 aliphatic rings. The summed E-state index contributed by atoms with van der Waals surface area (Å²) < 4.78 is 32.2. The third-order valence-electron chi connectivity index (χ3n) is 5.14. The predicted octanol–water partition coefficient (Wildman–Crippen LogP) is 2.16. The summed E-state index contributed by atoms with van der Waals surface area (Å²) in [6.45, 7) is 2.31. The third-order valence-corrected chi connectivity index (χ3v) is 5.87. The van der Waals surface area contributed by atoms with Gasteiger partial charge < -0.3 is 15.4 Å². The third kappa shape index (κ3) is 6.54. The van der Waals surface area contributed by atoms with Crippen molar-refractivity contribution >= 4 is 10.0 Å². The zero-order chi connectivity index (χ0) is 20.7. The van der Waals surface area contributed by atoms with E-state index < -0.39 is 10.0 Å². The Morgan fingerprint density at radius 1 is 1.17 bits per heavy atom. The van der Waals surface area contributed by atoms with Crippen molar-refractivity contribution in [3.63, 3.8) is 0 Å². The van der Waals surface area contributed by atoms with Gasteiger partial charge in [0.25, 0.3) is 0 Å². The number of benzene rings is 2. The van der Waals surface area contributed by atoms with Crippen LogP contribution in [0, 0.1) is 0 Å². The second-order valence-electron chi connectivity index (χ2n) is 7.55. The van der Waals surface area contributed by atoms with Crippen LogP contribution in [0.25, 0.3) is 11.1 Å². The quantitative estimate of drug-likeness (QED) is 0.545. The number of ether oxygens (including phenoxy) is 1. The molecule has 6 nitrogen and oxygen atoms in total. The van der Waals surface area contributed by atoms with E-state index in [1.54, 1.807) is 0 Å². The minimum absolute atomic E-state index is 0.0795. The Kier molecular flexibility index (Phi) is 7.66. The van der Waals surface area contributed by atoms with Crippen LogP contribution in [0.2, 0.25) is 0 Å². The number of sulfonamides is 1. The molecule has 2 aromatic rings. The highest BCUT2D eigenvalue weighted by atomic mass is 32.2. The number of hydrogen-bond acceptors (Lipinski definition) is 5. The first-order chi connectivity index (χ1) is 14.0. The van der Waals surface area contributed by atoms with Gasteiger partial charge in [-0.25, -0.2) is 13.1 Å². The largest absolute Gasteiger partial charge is 0.492 e. The summed E-state index contributed by atoms with van der Waals surface area (Å²) in [6.07, 6.45) is 3.82. The van der Waals surface area contributed by atoms with Crippen LogP contribution < -0.4 is 20.1 Å². The van der Waals surface area contributed by atoms with Gasteiger partial charge in [-0.3, -0.25) is 0 Å². The Hall–Kier alpha value is -1.93. The van der Waals surface area contributed by atoms with Crippen LogP contribution in [0.4, 0.5) is 0 Å². The summed E-state index contributed by atoms with van der Waals surface area (Å²) in [6, 6.07) is 16.5. The van der Waals surface area contributed by atoms with Crippen LogP contribution in [-0.2, 0) is 16.4 Å². The molecule has 0 amide bonds. The minimum atomic E-state index is -3.23. The van der Waals surface area contributed by atoms with Gasteiger partial charge in [-0.05, 0) is 50.0 Å². The molecule has 0 aliphatic carbocycles. The molecule has 7 heteroatoms. The average molecular weight is 418 g/mol. The lowest BCUT2D eigenvalue weighted by atomic mass is 9.92. The van der Waals surface area contributed by atoms with Crippen molar-refractivity contribution in [3.05, 3.63) is 54.1 Å².